The Kier molecular flexibility index (Phi) is 4.19. The van der Waals surface area contributed by atoms with Gasteiger partial charge >= 0.3 is 5.97 Å². The molecule has 1 aromatic carbocycles. The monoisotopic (exact) mass is 307 g/mol. The molecular weight excluding hydrogens is 290 g/mol. The van der Waals surface area contributed by atoms with E-state index in [4.69, 9.17) is 4.74 Å². The molecule has 0 aliphatic rings. The number of rotatable bonds is 5. The van der Waals surface area contributed by atoms with Gasteiger partial charge in [0.25, 0.3) is 0 Å². The van der Waals surface area contributed by atoms with Crippen LogP contribution in [0.4, 0.5) is 0 Å². The minimum atomic E-state index is -0.400. The number of pyridine rings is 1. The Balaban J connectivity index is 2.06. The molecule has 0 spiro atoms. The Morgan fingerprint density at radius 1 is 1.39 bits per heavy atom. The zero-order valence-corrected chi connectivity index (χ0v) is 12.9. The maximum Gasteiger partial charge on any atom is 0.341 e. The summed E-state index contributed by atoms with van der Waals surface area (Å²) in [6.45, 7) is 5.85. The van der Waals surface area contributed by atoms with Crippen LogP contribution in [0, 0.1) is 0 Å². The van der Waals surface area contributed by atoms with Crippen LogP contribution < -0.4 is 0 Å². The SMILES string of the molecule is C=CCc1ccc2nn(-c3ncccc3C(=O)OCC)cc2c1. The third-order valence-electron chi connectivity index (χ3n) is 3.45. The van der Waals surface area contributed by atoms with Crippen molar-refractivity contribution in [2.45, 2.75) is 13.3 Å². The van der Waals surface area contributed by atoms with Crippen LogP contribution in [0.15, 0.2) is 55.4 Å². The van der Waals surface area contributed by atoms with Crippen molar-refractivity contribution in [2.24, 2.45) is 0 Å². The highest BCUT2D eigenvalue weighted by atomic mass is 16.5. The van der Waals surface area contributed by atoms with Crippen LogP contribution in [-0.2, 0) is 11.2 Å². The van der Waals surface area contributed by atoms with E-state index < -0.39 is 5.97 Å². The Morgan fingerprint density at radius 3 is 3.04 bits per heavy atom. The molecule has 0 unspecified atom stereocenters. The summed E-state index contributed by atoms with van der Waals surface area (Å²) in [5.41, 5.74) is 2.41. The van der Waals surface area contributed by atoms with Crippen LogP contribution in [-0.4, -0.2) is 27.3 Å². The van der Waals surface area contributed by atoms with Gasteiger partial charge in [-0.05, 0) is 43.2 Å². The van der Waals surface area contributed by atoms with E-state index in [2.05, 4.69) is 22.7 Å². The molecule has 0 amide bonds. The molecule has 116 valence electrons. The second-order valence-electron chi connectivity index (χ2n) is 5.05. The molecule has 0 fully saturated rings. The summed E-state index contributed by atoms with van der Waals surface area (Å²) in [7, 11) is 0. The van der Waals surface area contributed by atoms with E-state index in [1.54, 1.807) is 29.9 Å². The predicted octanol–water partition coefficient (Wildman–Crippen LogP) is 3.33. The summed E-state index contributed by atoms with van der Waals surface area (Å²) in [5, 5.41) is 5.50. The van der Waals surface area contributed by atoms with Crippen molar-refractivity contribution < 1.29 is 9.53 Å². The van der Waals surface area contributed by atoms with Gasteiger partial charge in [-0.1, -0.05) is 12.1 Å². The fourth-order valence-corrected chi connectivity index (χ4v) is 2.42. The number of allylic oxidation sites excluding steroid dienone is 1. The Labute approximate surface area is 134 Å². The topological polar surface area (TPSA) is 57.0 Å². The van der Waals surface area contributed by atoms with Crippen molar-refractivity contribution in [3.8, 4) is 5.82 Å². The number of hydrogen-bond acceptors (Lipinski definition) is 4. The maximum atomic E-state index is 12.1. The van der Waals surface area contributed by atoms with E-state index in [1.165, 1.54) is 5.56 Å². The highest BCUT2D eigenvalue weighted by Gasteiger charge is 2.16. The molecule has 3 aromatic rings. The highest BCUT2D eigenvalue weighted by molar-refractivity contribution is 5.93. The first-order valence-corrected chi connectivity index (χ1v) is 7.44. The lowest BCUT2D eigenvalue weighted by atomic mass is 10.1. The predicted molar refractivity (Wildman–Crippen MR) is 88.7 cm³/mol. The Bertz CT molecular complexity index is 868. The molecular formula is C18H17N3O2. The fraction of sp³-hybridized carbons (Fsp3) is 0.167. The van der Waals surface area contributed by atoms with E-state index in [0.717, 1.165) is 17.3 Å². The van der Waals surface area contributed by atoms with Gasteiger partial charge in [0.2, 0.25) is 0 Å². The molecule has 0 N–H and O–H groups in total. The van der Waals surface area contributed by atoms with Crippen LogP contribution in [0.1, 0.15) is 22.8 Å². The van der Waals surface area contributed by atoms with E-state index >= 15 is 0 Å². The van der Waals surface area contributed by atoms with Gasteiger partial charge in [0.1, 0.15) is 5.56 Å². The molecule has 23 heavy (non-hydrogen) atoms. The van der Waals surface area contributed by atoms with Crippen LogP contribution in [0.25, 0.3) is 16.7 Å². The molecule has 0 aliphatic carbocycles. The van der Waals surface area contributed by atoms with Gasteiger partial charge in [0.15, 0.2) is 5.82 Å². The van der Waals surface area contributed by atoms with Gasteiger partial charge in [-0.3, -0.25) is 0 Å². The van der Waals surface area contributed by atoms with Crippen LogP contribution in [0.5, 0.6) is 0 Å². The lowest BCUT2D eigenvalue weighted by Gasteiger charge is -2.06. The molecule has 2 heterocycles. The molecule has 3 rings (SSSR count). The largest absolute Gasteiger partial charge is 0.462 e. The van der Waals surface area contributed by atoms with Gasteiger partial charge in [-0.15, -0.1) is 6.58 Å². The smallest absolute Gasteiger partial charge is 0.341 e. The third-order valence-corrected chi connectivity index (χ3v) is 3.45. The number of benzene rings is 1. The van der Waals surface area contributed by atoms with Crippen molar-refractivity contribution >= 4 is 16.9 Å². The standard InChI is InChI=1S/C18H17N3O2/c1-3-6-13-8-9-16-14(11-13)12-21(20-16)17-15(7-5-10-19-17)18(22)23-4-2/h3,5,7-12H,1,4,6H2,2H3. The Morgan fingerprint density at radius 2 is 2.26 bits per heavy atom. The second kappa shape index (κ2) is 6.44. The summed E-state index contributed by atoms with van der Waals surface area (Å²) < 4.78 is 6.70. The van der Waals surface area contributed by atoms with Crippen LogP contribution >= 0.6 is 0 Å². The number of fused-ring (bicyclic) bond motifs is 1. The highest BCUT2D eigenvalue weighted by Crippen LogP contribution is 2.19. The molecule has 0 aliphatic heterocycles. The van der Waals surface area contributed by atoms with Gasteiger partial charge in [-0.25, -0.2) is 14.5 Å². The summed E-state index contributed by atoms with van der Waals surface area (Å²) in [6, 6.07) is 9.44. The normalized spacial score (nSPS) is 10.7. The summed E-state index contributed by atoms with van der Waals surface area (Å²) in [6.07, 6.45) is 6.17. The Hall–Kier alpha value is -2.95. The zero-order valence-electron chi connectivity index (χ0n) is 12.9. The van der Waals surface area contributed by atoms with Crippen molar-refractivity contribution in [1.29, 1.82) is 0 Å². The van der Waals surface area contributed by atoms with Crippen molar-refractivity contribution in [3.05, 3.63) is 66.5 Å². The number of hydrogen-bond donors (Lipinski definition) is 0. The van der Waals surface area contributed by atoms with Gasteiger partial charge in [0.05, 0.1) is 12.1 Å². The quantitative estimate of drug-likeness (QED) is 0.536. The number of esters is 1. The minimum absolute atomic E-state index is 0.319. The van der Waals surface area contributed by atoms with Gasteiger partial charge in [0, 0.05) is 17.8 Å². The maximum absolute atomic E-state index is 12.1. The first kappa shape index (κ1) is 15.0. The lowest BCUT2D eigenvalue weighted by molar-refractivity contribution is 0.0525. The summed E-state index contributed by atoms with van der Waals surface area (Å²) >= 11 is 0. The molecule has 5 nitrogen and oxygen atoms in total. The van der Waals surface area contributed by atoms with E-state index in [9.17, 15) is 4.79 Å². The summed E-state index contributed by atoms with van der Waals surface area (Å²) in [5.74, 6) is 0.0647. The molecule has 0 bridgehead atoms. The third kappa shape index (κ3) is 2.99. The number of carbonyl (C=O) groups is 1. The zero-order chi connectivity index (χ0) is 16.2. The number of aromatic nitrogens is 3. The first-order chi connectivity index (χ1) is 11.2. The molecule has 0 saturated heterocycles. The molecule has 0 atom stereocenters. The fourth-order valence-electron chi connectivity index (χ4n) is 2.42. The summed E-state index contributed by atoms with van der Waals surface area (Å²) in [4.78, 5) is 16.4. The molecule has 0 saturated carbocycles. The second-order valence-corrected chi connectivity index (χ2v) is 5.05. The molecule has 5 heteroatoms. The number of nitrogens with zero attached hydrogens (tertiary/aromatic N) is 3. The van der Waals surface area contributed by atoms with E-state index in [-0.39, 0.29) is 0 Å². The van der Waals surface area contributed by atoms with Gasteiger partial charge < -0.3 is 4.74 Å². The van der Waals surface area contributed by atoms with E-state index in [1.807, 2.05) is 24.4 Å². The first-order valence-electron chi connectivity index (χ1n) is 7.44. The average Bonchev–Trinajstić information content (AvgIpc) is 2.98. The van der Waals surface area contributed by atoms with Crippen molar-refractivity contribution in [1.82, 2.24) is 14.8 Å². The number of carbonyl (C=O) groups excluding carboxylic acids is 1. The lowest BCUT2D eigenvalue weighted by Crippen LogP contribution is -2.11. The average molecular weight is 307 g/mol. The van der Waals surface area contributed by atoms with Gasteiger partial charge in [-0.2, -0.15) is 5.10 Å². The molecule has 0 radical (unpaired) electrons. The van der Waals surface area contributed by atoms with E-state index in [0.29, 0.717) is 18.0 Å². The van der Waals surface area contributed by atoms with Crippen LogP contribution in [0.3, 0.4) is 0 Å². The minimum Gasteiger partial charge on any atom is -0.462 e. The van der Waals surface area contributed by atoms with Crippen molar-refractivity contribution in [3.63, 3.8) is 0 Å². The van der Waals surface area contributed by atoms with Crippen LogP contribution in [0.2, 0.25) is 0 Å². The molecule has 2 aromatic heterocycles. The van der Waals surface area contributed by atoms with Crippen molar-refractivity contribution in [2.75, 3.05) is 6.61 Å². The number of ether oxygens (including phenoxy) is 1.